The van der Waals surface area contributed by atoms with Crippen molar-refractivity contribution in [3.05, 3.63) is 50.7 Å². The number of rotatable bonds is 7. The number of ether oxygens (including phenoxy) is 1. The zero-order chi connectivity index (χ0) is 22.8. The van der Waals surface area contributed by atoms with Crippen LogP contribution in [0.15, 0.2) is 40.5 Å². The molecule has 1 unspecified atom stereocenters. The van der Waals surface area contributed by atoms with Crippen molar-refractivity contribution in [2.75, 3.05) is 51.3 Å². The number of aliphatic imine (C=N–C) groups is 1. The Morgan fingerprint density at radius 2 is 2.06 bits per heavy atom. The SMILES string of the molecule is CN1CCN=C1c1ccc(C2=NOC(CCC(=O)c3ccc(Cl)s3)C2)c(N2CCOCC2)c1. The summed E-state index contributed by atoms with van der Waals surface area (Å²) in [6.45, 7) is 4.89. The molecular weight excluding hydrogens is 460 g/mol. The molecule has 174 valence electrons. The number of hydrogen-bond donors (Lipinski definition) is 0. The molecule has 3 aliphatic rings. The standard InChI is InChI=1S/C24H27ClN4O3S/c1-28-9-8-26-24(28)16-2-4-18(20(14-16)29-10-12-31-13-11-29)19-15-17(32-27-19)3-5-21(30)22-6-7-23(25)33-22/h2,4,6-7,14,17H,3,5,8-13,15H2,1H3. The minimum atomic E-state index is -0.0954. The van der Waals surface area contributed by atoms with E-state index in [4.69, 9.17) is 21.2 Å². The van der Waals surface area contributed by atoms with Crippen LogP contribution >= 0.6 is 22.9 Å². The lowest BCUT2D eigenvalue weighted by molar-refractivity contribution is 0.0720. The van der Waals surface area contributed by atoms with Crippen molar-refractivity contribution in [3.8, 4) is 0 Å². The number of hydrogen-bond acceptors (Lipinski definition) is 8. The van der Waals surface area contributed by atoms with Gasteiger partial charge in [-0.1, -0.05) is 28.9 Å². The van der Waals surface area contributed by atoms with Crippen LogP contribution in [0.3, 0.4) is 0 Å². The number of benzene rings is 1. The van der Waals surface area contributed by atoms with Crippen LogP contribution in [0.1, 0.15) is 40.1 Å². The third kappa shape index (κ3) is 4.93. The predicted octanol–water partition coefficient (Wildman–Crippen LogP) is 4.09. The van der Waals surface area contributed by atoms with Gasteiger partial charge >= 0.3 is 0 Å². The van der Waals surface area contributed by atoms with Crippen LogP contribution in [0.4, 0.5) is 5.69 Å². The summed E-state index contributed by atoms with van der Waals surface area (Å²) in [4.78, 5) is 28.1. The number of anilines is 1. The number of Topliss-reactive ketones (excluding diaryl/α,β-unsaturated/α-hetero) is 1. The largest absolute Gasteiger partial charge is 0.392 e. The fourth-order valence-electron chi connectivity index (χ4n) is 4.45. The van der Waals surface area contributed by atoms with Crippen molar-refractivity contribution in [2.24, 2.45) is 10.1 Å². The minimum Gasteiger partial charge on any atom is -0.392 e. The van der Waals surface area contributed by atoms with E-state index in [-0.39, 0.29) is 11.9 Å². The Bertz CT molecular complexity index is 1090. The van der Waals surface area contributed by atoms with Gasteiger partial charge in [-0.2, -0.15) is 0 Å². The highest BCUT2D eigenvalue weighted by Gasteiger charge is 2.28. The van der Waals surface area contributed by atoms with E-state index in [0.717, 1.165) is 54.5 Å². The van der Waals surface area contributed by atoms with Crippen LogP contribution in [0.5, 0.6) is 0 Å². The van der Waals surface area contributed by atoms with Crippen LogP contribution < -0.4 is 4.90 Å². The van der Waals surface area contributed by atoms with Crippen LogP contribution in [-0.2, 0) is 9.57 Å². The lowest BCUT2D eigenvalue weighted by Gasteiger charge is -2.31. The number of oxime groups is 1. The third-order valence-corrected chi connectivity index (χ3v) is 7.52. The summed E-state index contributed by atoms with van der Waals surface area (Å²) in [6.07, 6.45) is 1.65. The first-order valence-corrected chi connectivity index (χ1v) is 12.5. The maximum Gasteiger partial charge on any atom is 0.172 e. The summed E-state index contributed by atoms with van der Waals surface area (Å²) in [6, 6.07) is 10.0. The molecule has 0 bridgehead atoms. The van der Waals surface area contributed by atoms with Crippen molar-refractivity contribution in [3.63, 3.8) is 0 Å². The second kappa shape index (κ2) is 9.83. The van der Waals surface area contributed by atoms with Crippen LogP contribution in [0.25, 0.3) is 0 Å². The van der Waals surface area contributed by atoms with Gasteiger partial charge in [-0.3, -0.25) is 9.79 Å². The quantitative estimate of drug-likeness (QED) is 0.551. The summed E-state index contributed by atoms with van der Waals surface area (Å²) in [5.74, 6) is 1.13. The van der Waals surface area contributed by atoms with Gasteiger partial charge in [0.1, 0.15) is 11.9 Å². The molecule has 0 radical (unpaired) electrons. The molecule has 1 atom stereocenters. The van der Waals surface area contributed by atoms with Crippen LogP contribution in [0.2, 0.25) is 4.34 Å². The van der Waals surface area contributed by atoms with Crippen LogP contribution in [0, 0.1) is 0 Å². The number of morpholine rings is 1. The summed E-state index contributed by atoms with van der Waals surface area (Å²) in [7, 11) is 2.08. The Kier molecular flexibility index (Phi) is 6.66. The van der Waals surface area contributed by atoms with Gasteiger partial charge in [-0.05, 0) is 24.6 Å². The predicted molar refractivity (Wildman–Crippen MR) is 132 cm³/mol. The monoisotopic (exact) mass is 486 g/mol. The zero-order valence-corrected chi connectivity index (χ0v) is 20.2. The molecular formula is C24H27ClN4O3S. The Balaban J connectivity index is 1.31. The Morgan fingerprint density at radius 3 is 2.79 bits per heavy atom. The molecule has 1 fully saturated rings. The molecule has 0 spiro atoms. The lowest BCUT2D eigenvalue weighted by Crippen LogP contribution is -2.37. The van der Waals surface area contributed by atoms with E-state index in [1.54, 1.807) is 12.1 Å². The normalized spacial score (nSPS) is 20.6. The van der Waals surface area contributed by atoms with E-state index in [9.17, 15) is 4.79 Å². The Hall–Kier alpha value is -2.42. The molecule has 2 aromatic rings. The molecule has 0 amide bonds. The molecule has 4 heterocycles. The van der Waals surface area contributed by atoms with E-state index < -0.39 is 0 Å². The maximum absolute atomic E-state index is 12.4. The Morgan fingerprint density at radius 1 is 1.21 bits per heavy atom. The summed E-state index contributed by atoms with van der Waals surface area (Å²) in [5.41, 5.74) is 4.28. The molecule has 9 heteroatoms. The van der Waals surface area contributed by atoms with Crippen molar-refractivity contribution in [1.29, 1.82) is 0 Å². The smallest absolute Gasteiger partial charge is 0.172 e. The highest BCUT2D eigenvalue weighted by Crippen LogP contribution is 2.31. The van der Waals surface area contributed by atoms with E-state index in [1.165, 1.54) is 11.3 Å². The van der Waals surface area contributed by atoms with E-state index in [2.05, 4.69) is 45.2 Å². The summed E-state index contributed by atoms with van der Waals surface area (Å²) in [5, 5.41) is 4.43. The van der Waals surface area contributed by atoms with Crippen molar-refractivity contribution >= 4 is 46.0 Å². The number of thiophene rings is 1. The van der Waals surface area contributed by atoms with Gasteiger partial charge in [0.15, 0.2) is 5.78 Å². The number of likely N-dealkylation sites (N-methyl/N-ethyl adjacent to an activating group) is 1. The fraction of sp³-hybridized carbons (Fsp3) is 0.458. The molecule has 7 nitrogen and oxygen atoms in total. The average Bonchev–Trinajstić information content (AvgIpc) is 3.59. The highest BCUT2D eigenvalue weighted by molar-refractivity contribution is 7.18. The molecule has 5 rings (SSSR count). The summed E-state index contributed by atoms with van der Waals surface area (Å²) >= 11 is 7.28. The molecule has 1 saturated heterocycles. The van der Waals surface area contributed by atoms with Crippen molar-refractivity contribution in [1.82, 2.24) is 4.90 Å². The first-order valence-electron chi connectivity index (χ1n) is 11.3. The zero-order valence-electron chi connectivity index (χ0n) is 18.6. The molecule has 1 aromatic carbocycles. The molecule has 1 aromatic heterocycles. The molecule has 3 aliphatic heterocycles. The molecule has 0 N–H and O–H groups in total. The molecule has 33 heavy (non-hydrogen) atoms. The fourth-order valence-corrected chi connectivity index (χ4v) is 5.46. The topological polar surface area (TPSA) is 66.7 Å². The molecule has 0 saturated carbocycles. The van der Waals surface area contributed by atoms with Gasteiger partial charge in [-0.15, -0.1) is 11.3 Å². The van der Waals surface area contributed by atoms with Gasteiger partial charge in [0.05, 0.1) is 34.7 Å². The minimum absolute atomic E-state index is 0.0954. The second-order valence-electron chi connectivity index (χ2n) is 8.49. The summed E-state index contributed by atoms with van der Waals surface area (Å²) < 4.78 is 6.21. The van der Waals surface area contributed by atoms with E-state index >= 15 is 0 Å². The van der Waals surface area contributed by atoms with Gasteiger partial charge in [0.25, 0.3) is 0 Å². The second-order valence-corrected chi connectivity index (χ2v) is 10.2. The van der Waals surface area contributed by atoms with Gasteiger partial charge in [0.2, 0.25) is 0 Å². The first-order chi connectivity index (χ1) is 16.1. The van der Waals surface area contributed by atoms with Gasteiger partial charge in [0, 0.05) is 56.3 Å². The third-order valence-electron chi connectivity index (χ3n) is 6.25. The van der Waals surface area contributed by atoms with Crippen LogP contribution in [-0.4, -0.2) is 74.8 Å². The highest BCUT2D eigenvalue weighted by atomic mass is 35.5. The van der Waals surface area contributed by atoms with Gasteiger partial charge in [-0.25, -0.2) is 0 Å². The number of ketones is 1. The van der Waals surface area contributed by atoms with Gasteiger partial charge < -0.3 is 19.4 Å². The molecule has 0 aliphatic carbocycles. The van der Waals surface area contributed by atoms with E-state index in [1.807, 2.05) is 0 Å². The number of carbonyl (C=O) groups excluding carboxylic acids is 1. The lowest BCUT2D eigenvalue weighted by atomic mass is 9.97. The number of halogens is 1. The number of carbonyl (C=O) groups is 1. The van der Waals surface area contributed by atoms with E-state index in [0.29, 0.717) is 41.7 Å². The van der Waals surface area contributed by atoms with Crippen molar-refractivity contribution < 1.29 is 14.4 Å². The first kappa shape index (κ1) is 22.4. The van der Waals surface area contributed by atoms with Crippen molar-refractivity contribution in [2.45, 2.75) is 25.4 Å². The number of amidine groups is 1. The Labute approximate surface area is 202 Å². The average molecular weight is 487 g/mol. The number of nitrogens with zero attached hydrogens (tertiary/aromatic N) is 4. The maximum atomic E-state index is 12.4.